The quantitative estimate of drug-likeness (QED) is 0.901. The first kappa shape index (κ1) is 15.3. The zero-order chi connectivity index (χ0) is 14.7. The summed E-state index contributed by atoms with van der Waals surface area (Å²) in [7, 11) is 1.55. The number of rotatable bonds is 5. The Labute approximate surface area is 120 Å². The number of nitrogens with two attached hydrogens (primary N) is 1. The van der Waals surface area contributed by atoms with E-state index in [1.807, 2.05) is 0 Å². The minimum atomic E-state index is -0.325. The number of benzene rings is 1. The van der Waals surface area contributed by atoms with Gasteiger partial charge in [0.15, 0.2) is 0 Å². The van der Waals surface area contributed by atoms with Gasteiger partial charge in [0.1, 0.15) is 11.6 Å². The number of nitrogens with zero attached hydrogens (tertiary/aromatic N) is 1. The Balaban J connectivity index is 2.00. The van der Waals surface area contributed by atoms with Crippen LogP contribution in [-0.2, 0) is 0 Å². The monoisotopic (exact) mass is 280 g/mol. The van der Waals surface area contributed by atoms with E-state index in [0.29, 0.717) is 17.4 Å². The molecule has 0 aromatic heterocycles. The second-order valence-electron chi connectivity index (χ2n) is 5.94. The van der Waals surface area contributed by atoms with Crippen LogP contribution in [0.3, 0.4) is 0 Å². The van der Waals surface area contributed by atoms with Crippen molar-refractivity contribution in [1.82, 2.24) is 4.90 Å². The molecular formula is C16H25FN2O. The number of ether oxygens (including phenoxy) is 1. The maximum atomic E-state index is 14.0. The van der Waals surface area contributed by atoms with Gasteiger partial charge in [0, 0.05) is 30.7 Å². The largest absolute Gasteiger partial charge is 0.496 e. The number of methoxy groups -OCH3 is 1. The Morgan fingerprint density at radius 3 is 2.80 bits per heavy atom. The van der Waals surface area contributed by atoms with Crippen LogP contribution >= 0.6 is 0 Å². The lowest BCUT2D eigenvalue weighted by atomic mass is 10.0. The third-order valence-electron chi connectivity index (χ3n) is 4.24. The minimum absolute atomic E-state index is 0.278. The van der Waals surface area contributed by atoms with Gasteiger partial charge in [-0.3, -0.25) is 0 Å². The van der Waals surface area contributed by atoms with E-state index in [0.717, 1.165) is 25.4 Å². The zero-order valence-electron chi connectivity index (χ0n) is 12.6. The maximum Gasteiger partial charge on any atom is 0.131 e. The van der Waals surface area contributed by atoms with Gasteiger partial charge < -0.3 is 15.4 Å². The van der Waals surface area contributed by atoms with Crippen molar-refractivity contribution in [2.45, 2.75) is 38.8 Å². The molecule has 1 saturated heterocycles. The third-order valence-corrected chi connectivity index (χ3v) is 4.24. The first-order valence-electron chi connectivity index (χ1n) is 7.35. The van der Waals surface area contributed by atoms with E-state index in [4.69, 9.17) is 10.5 Å². The average molecular weight is 280 g/mol. The van der Waals surface area contributed by atoms with Gasteiger partial charge in [0.2, 0.25) is 0 Å². The van der Waals surface area contributed by atoms with Crippen molar-refractivity contribution in [3.63, 3.8) is 0 Å². The molecule has 3 atom stereocenters. The van der Waals surface area contributed by atoms with Crippen LogP contribution in [0.2, 0.25) is 0 Å². The Kier molecular flexibility index (Phi) is 5.00. The molecular weight excluding hydrogens is 255 g/mol. The van der Waals surface area contributed by atoms with Crippen molar-refractivity contribution < 1.29 is 9.13 Å². The topological polar surface area (TPSA) is 38.5 Å². The fraction of sp³-hybridized carbons (Fsp3) is 0.625. The number of hydrogen-bond donors (Lipinski definition) is 1. The number of halogens is 1. The summed E-state index contributed by atoms with van der Waals surface area (Å²) in [6.07, 6.45) is 1.98. The molecule has 3 nitrogen and oxygen atoms in total. The van der Waals surface area contributed by atoms with Gasteiger partial charge in [-0.25, -0.2) is 4.39 Å². The summed E-state index contributed by atoms with van der Waals surface area (Å²) in [6, 6.07) is 5.13. The highest BCUT2D eigenvalue weighted by atomic mass is 19.1. The summed E-state index contributed by atoms with van der Waals surface area (Å²) < 4.78 is 19.2. The second-order valence-corrected chi connectivity index (χ2v) is 5.94. The summed E-state index contributed by atoms with van der Waals surface area (Å²) in [4.78, 5) is 2.44. The van der Waals surface area contributed by atoms with E-state index in [1.54, 1.807) is 19.2 Å². The summed E-state index contributed by atoms with van der Waals surface area (Å²) in [5.74, 6) is 1.00. The molecule has 0 bridgehead atoms. The Hall–Kier alpha value is -1.13. The first-order valence-corrected chi connectivity index (χ1v) is 7.35. The molecule has 4 heteroatoms. The summed E-state index contributed by atoms with van der Waals surface area (Å²) >= 11 is 0. The molecule has 1 aliphatic heterocycles. The van der Waals surface area contributed by atoms with Crippen LogP contribution in [-0.4, -0.2) is 31.1 Å². The normalized spacial score (nSPS) is 24.9. The van der Waals surface area contributed by atoms with Crippen LogP contribution in [0.5, 0.6) is 5.75 Å². The maximum absolute atomic E-state index is 14.0. The van der Waals surface area contributed by atoms with Crippen molar-refractivity contribution in [1.29, 1.82) is 0 Å². The van der Waals surface area contributed by atoms with Crippen molar-refractivity contribution in [3.8, 4) is 5.75 Å². The van der Waals surface area contributed by atoms with Gasteiger partial charge in [-0.1, -0.05) is 13.0 Å². The van der Waals surface area contributed by atoms with Gasteiger partial charge in [-0.2, -0.15) is 0 Å². The predicted octanol–water partition coefficient (Wildman–Crippen LogP) is 2.95. The van der Waals surface area contributed by atoms with Gasteiger partial charge in [0.25, 0.3) is 0 Å². The van der Waals surface area contributed by atoms with E-state index in [-0.39, 0.29) is 11.9 Å². The lowest BCUT2D eigenvalue weighted by Crippen LogP contribution is -2.30. The minimum Gasteiger partial charge on any atom is -0.496 e. The van der Waals surface area contributed by atoms with Crippen LogP contribution in [0.1, 0.15) is 38.3 Å². The Morgan fingerprint density at radius 2 is 2.20 bits per heavy atom. The van der Waals surface area contributed by atoms with Crippen molar-refractivity contribution in [3.05, 3.63) is 29.6 Å². The molecule has 112 valence electrons. The van der Waals surface area contributed by atoms with E-state index >= 15 is 0 Å². The summed E-state index contributed by atoms with van der Waals surface area (Å²) in [5, 5.41) is 0. The molecule has 1 heterocycles. The summed E-state index contributed by atoms with van der Waals surface area (Å²) in [6.45, 7) is 6.54. The van der Waals surface area contributed by atoms with E-state index < -0.39 is 0 Å². The zero-order valence-corrected chi connectivity index (χ0v) is 12.6. The fourth-order valence-corrected chi connectivity index (χ4v) is 3.20. The van der Waals surface area contributed by atoms with Crippen LogP contribution in [0.25, 0.3) is 0 Å². The number of likely N-dealkylation sites (tertiary alicyclic amines) is 1. The molecule has 1 aromatic rings. The van der Waals surface area contributed by atoms with E-state index in [1.165, 1.54) is 12.5 Å². The molecule has 2 rings (SSSR count). The molecule has 3 unspecified atom stereocenters. The van der Waals surface area contributed by atoms with Gasteiger partial charge in [-0.15, -0.1) is 0 Å². The second kappa shape index (κ2) is 6.55. The van der Waals surface area contributed by atoms with Gasteiger partial charge in [-0.05, 0) is 37.8 Å². The van der Waals surface area contributed by atoms with Gasteiger partial charge >= 0.3 is 0 Å². The molecule has 1 fully saturated rings. The standard InChI is InChI=1S/C16H25FN2O/c1-11-9-12(2)19(10-11)8-7-14(18)16-13(17)5-4-6-15(16)20-3/h4-6,11-12,14H,7-10,18H2,1-3H3. The molecule has 1 aliphatic rings. The molecule has 2 N–H and O–H groups in total. The highest BCUT2D eigenvalue weighted by Crippen LogP contribution is 2.29. The lowest BCUT2D eigenvalue weighted by molar-refractivity contribution is 0.253. The molecule has 20 heavy (non-hydrogen) atoms. The predicted molar refractivity (Wildman–Crippen MR) is 79.3 cm³/mol. The van der Waals surface area contributed by atoms with Crippen LogP contribution in [0, 0.1) is 11.7 Å². The lowest BCUT2D eigenvalue weighted by Gasteiger charge is -2.24. The van der Waals surface area contributed by atoms with Crippen molar-refractivity contribution in [2.24, 2.45) is 11.7 Å². The molecule has 0 spiro atoms. The highest BCUT2D eigenvalue weighted by molar-refractivity contribution is 5.37. The molecule has 0 amide bonds. The van der Waals surface area contributed by atoms with E-state index in [2.05, 4.69) is 18.7 Å². The van der Waals surface area contributed by atoms with Crippen molar-refractivity contribution in [2.75, 3.05) is 20.2 Å². The van der Waals surface area contributed by atoms with Crippen LogP contribution < -0.4 is 10.5 Å². The van der Waals surface area contributed by atoms with Crippen LogP contribution in [0.15, 0.2) is 18.2 Å². The smallest absolute Gasteiger partial charge is 0.131 e. The molecule has 0 radical (unpaired) electrons. The summed E-state index contributed by atoms with van der Waals surface area (Å²) in [5.41, 5.74) is 6.68. The first-order chi connectivity index (χ1) is 9.52. The SMILES string of the molecule is COc1cccc(F)c1C(N)CCN1CC(C)CC1C. The fourth-order valence-electron chi connectivity index (χ4n) is 3.20. The van der Waals surface area contributed by atoms with Crippen LogP contribution in [0.4, 0.5) is 4.39 Å². The molecule has 1 aromatic carbocycles. The third kappa shape index (κ3) is 3.30. The molecule has 0 saturated carbocycles. The Bertz CT molecular complexity index is 452. The highest BCUT2D eigenvalue weighted by Gasteiger charge is 2.26. The molecule has 0 aliphatic carbocycles. The Morgan fingerprint density at radius 1 is 1.45 bits per heavy atom. The number of hydrogen-bond acceptors (Lipinski definition) is 3. The average Bonchev–Trinajstić information content (AvgIpc) is 2.74. The van der Waals surface area contributed by atoms with E-state index in [9.17, 15) is 4.39 Å². The van der Waals surface area contributed by atoms with Gasteiger partial charge in [0.05, 0.1) is 7.11 Å². The van der Waals surface area contributed by atoms with Crippen molar-refractivity contribution >= 4 is 0 Å².